The minimum atomic E-state index is 1.21. The molecule has 114 valence electrons. The van der Waals surface area contributed by atoms with Crippen molar-refractivity contribution in [3.8, 4) is 0 Å². The molecule has 2 aromatic carbocycles. The Hall–Kier alpha value is -1.96. The van der Waals surface area contributed by atoms with Crippen LogP contribution >= 0.6 is 0 Å². The van der Waals surface area contributed by atoms with Gasteiger partial charge in [-0.05, 0) is 79.6 Å². The van der Waals surface area contributed by atoms with E-state index in [-0.39, 0.29) is 0 Å². The minimum Gasteiger partial charge on any atom is -0.371 e. The summed E-state index contributed by atoms with van der Waals surface area (Å²) < 4.78 is 0. The molecule has 4 rings (SSSR count). The van der Waals surface area contributed by atoms with Crippen molar-refractivity contribution in [3.63, 3.8) is 0 Å². The third-order valence-electron chi connectivity index (χ3n) is 5.18. The van der Waals surface area contributed by atoms with Gasteiger partial charge >= 0.3 is 0 Å². The summed E-state index contributed by atoms with van der Waals surface area (Å²) in [5.41, 5.74) is 7.02. The monoisotopic (exact) mass is 292 g/mol. The second kappa shape index (κ2) is 5.68. The first-order valence-corrected chi connectivity index (χ1v) is 8.52. The van der Waals surface area contributed by atoms with E-state index in [2.05, 4.69) is 59.3 Å². The molecule has 0 unspecified atom stereocenters. The molecule has 1 aliphatic carbocycles. The highest BCUT2D eigenvalue weighted by atomic mass is 15.2. The number of rotatable bonds is 3. The number of hydrogen-bond acceptors (Lipinski definition) is 2. The zero-order chi connectivity index (χ0) is 14.9. The van der Waals surface area contributed by atoms with E-state index < -0.39 is 0 Å². The quantitative estimate of drug-likeness (QED) is 0.819. The van der Waals surface area contributed by atoms with Gasteiger partial charge in [-0.3, -0.25) is 0 Å². The van der Waals surface area contributed by atoms with Gasteiger partial charge in [-0.15, -0.1) is 0 Å². The Bertz CT molecular complexity index is 656. The van der Waals surface area contributed by atoms with Crippen LogP contribution in [0.25, 0.3) is 0 Å². The summed E-state index contributed by atoms with van der Waals surface area (Å²) in [5.74, 6) is 0. The van der Waals surface area contributed by atoms with Crippen LogP contribution in [-0.2, 0) is 12.8 Å². The lowest BCUT2D eigenvalue weighted by Gasteiger charge is -2.33. The summed E-state index contributed by atoms with van der Waals surface area (Å²) >= 11 is 0. The van der Waals surface area contributed by atoms with Gasteiger partial charge in [0.25, 0.3) is 0 Å². The summed E-state index contributed by atoms with van der Waals surface area (Å²) in [5, 5.41) is 0. The van der Waals surface area contributed by atoms with Crippen molar-refractivity contribution >= 4 is 17.1 Å². The predicted molar refractivity (Wildman–Crippen MR) is 94.4 cm³/mol. The normalized spacial score (nSPS) is 16.9. The highest BCUT2D eigenvalue weighted by Gasteiger charge is 2.15. The molecular weight excluding hydrogens is 268 g/mol. The standard InChI is InChI=1S/C20H24N2/c1-21(18-9-11-19(12-10-18)22-13-4-14-22)20-8-7-16-5-2-3-6-17(16)15-20/h7-12,15H,2-6,13-14H2,1H3. The summed E-state index contributed by atoms with van der Waals surface area (Å²) in [6.07, 6.45) is 6.51. The van der Waals surface area contributed by atoms with Crippen LogP contribution < -0.4 is 9.80 Å². The average Bonchev–Trinajstić information content (AvgIpc) is 2.53. The molecule has 22 heavy (non-hydrogen) atoms. The van der Waals surface area contributed by atoms with E-state index in [9.17, 15) is 0 Å². The van der Waals surface area contributed by atoms with Crippen LogP contribution in [-0.4, -0.2) is 20.1 Å². The number of fused-ring (bicyclic) bond motifs is 1. The summed E-state index contributed by atoms with van der Waals surface area (Å²) in [6, 6.07) is 16.0. The van der Waals surface area contributed by atoms with Crippen molar-refractivity contribution in [1.82, 2.24) is 0 Å². The van der Waals surface area contributed by atoms with E-state index in [4.69, 9.17) is 0 Å². The van der Waals surface area contributed by atoms with Crippen LogP contribution in [0.15, 0.2) is 42.5 Å². The zero-order valence-electron chi connectivity index (χ0n) is 13.4. The Kier molecular flexibility index (Phi) is 3.53. The smallest absolute Gasteiger partial charge is 0.0411 e. The van der Waals surface area contributed by atoms with Crippen LogP contribution in [0.2, 0.25) is 0 Å². The molecule has 0 saturated carbocycles. The number of hydrogen-bond donors (Lipinski definition) is 0. The molecular formula is C20H24N2. The molecule has 0 atom stereocenters. The predicted octanol–water partition coefficient (Wildman–Crippen LogP) is 4.54. The molecule has 0 spiro atoms. The molecule has 0 N–H and O–H groups in total. The van der Waals surface area contributed by atoms with Gasteiger partial charge in [-0.1, -0.05) is 6.07 Å². The van der Waals surface area contributed by atoms with Gasteiger partial charge < -0.3 is 9.80 Å². The van der Waals surface area contributed by atoms with Crippen molar-refractivity contribution < 1.29 is 0 Å². The molecule has 1 heterocycles. The Balaban J connectivity index is 1.56. The third-order valence-corrected chi connectivity index (χ3v) is 5.18. The fourth-order valence-corrected chi connectivity index (χ4v) is 3.54. The van der Waals surface area contributed by atoms with E-state index in [1.54, 1.807) is 11.1 Å². The molecule has 0 aromatic heterocycles. The summed E-state index contributed by atoms with van der Waals surface area (Å²) in [7, 11) is 2.17. The highest BCUT2D eigenvalue weighted by molar-refractivity contribution is 5.66. The molecule has 2 aromatic rings. The molecule has 2 aliphatic rings. The van der Waals surface area contributed by atoms with Crippen LogP contribution in [0.5, 0.6) is 0 Å². The number of anilines is 3. The summed E-state index contributed by atoms with van der Waals surface area (Å²) in [4.78, 5) is 4.73. The first-order valence-electron chi connectivity index (χ1n) is 8.52. The van der Waals surface area contributed by atoms with Crippen LogP contribution in [0.3, 0.4) is 0 Å². The van der Waals surface area contributed by atoms with Gasteiger partial charge in [0.05, 0.1) is 0 Å². The van der Waals surface area contributed by atoms with E-state index in [0.29, 0.717) is 0 Å². The molecule has 1 saturated heterocycles. The fourth-order valence-electron chi connectivity index (χ4n) is 3.54. The maximum Gasteiger partial charge on any atom is 0.0411 e. The Morgan fingerprint density at radius 1 is 0.773 bits per heavy atom. The van der Waals surface area contributed by atoms with Crippen LogP contribution in [0, 0.1) is 0 Å². The van der Waals surface area contributed by atoms with Gasteiger partial charge in [0.1, 0.15) is 0 Å². The molecule has 1 aliphatic heterocycles. The lowest BCUT2D eigenvalue weighted by atomic mass is 9.91. The zero-order valence-corrected chi connectivity index (χ0v) is 13.4. The van der Waals surface area contributed by atoms with Gasteiger partial charge in [-0.2, -0.15) is 0 Å². The van der Waals surface area contributed by atoms with Crippen LogP contribution in [0.1, 0.15) is 30.4 Å². The molecule has 0 bridgehead atoms. The van der Waals surface area contributed by atoms with E-state index in [0.717, 1.165) is 0 Å². The van der Waals surface area contributed by atoms with Gasteiger partial charge in [-0.25, -0.2) is 0 Å². The highest BCUT2D eigenvalue weighted by Crippen LogP contribution is 2.31. The van der Waals surface area contributed by atoms with Crippen LogP contribution in [0.4, 0.5) is 17.1 Å². The van der Waals surface area contributed by atoms with Crippen molar-refractivity contribution in [1.29, 1.82) is 0 Å². The van der Waals surface area contributed by atoms with E-state index in [1.807, 2.05) is 0 Å². The van der Waals surface area contributed by atoms with Gasteiger partial charge in [0, 0.05) is 37.2 Å². The first-order chi connectivity index (χ1) is 10.8. The van der Waals surface area contributed by atoms with E-state index >= 15 is 0 Å². The van der Waals surface area contributed by atoms with Crippen molar-refractivity contribution in [2.75, 3.05) is 29.9 Å². The minimum absolute atomic E-state index is 1.21. The second-order valence-electron chi connectivity index (χ2n) is 6.58. The molecule has 2 heteroatoms. The van der Waals surface area contributed by atoms with E-state index in [1.165, 1.54) is 62.3 Å². The number of nitrogens with zero attached hydrogens (tertiary/aromatic N) is 2. The van der Waals surface area contributed by atoms with Crippen molar-refractivity contribution in [2.24, 2.45) is 0 Å². The Morgan fingerprint density at radius 3 is 2.14 bits per heavy atom. The molecule has 0 radical (unpaired) electrons. The first kappa shape index (κ1) is 13.7. The maximum atomic E-state index is 2.43. The maximum absolute atomic E-state index is 2.43. The SMILES string of the molecule is CN(c1ccc(N2CCC2)cc1)c1ccc2c(c1)CCCC2. The molecule has 2 nitrogen and oxygen atoms in total. The Morgan fingerprint density at radius 2 is 1.45 bits per heavy atom. The third kappa shape index (κ3) is 2.47. The van der Waals surface area contributed by atoms with Crippen molar-refractivity contribution in [2.45, 2.75) is 32.1 Å². The summed E-state index contributed by atoms with van der Waals surface area (Å²) in [6.45, 7) is 2.42. The van der Waals surface area contributed by atoms with Crippen molar-refractivity contribution in [3.05, 3.63) is 53.6 Å². The average molecular weight is 292 g/mol. The van der Waals surface area contributed by atoms with Gasteiger partial charge in [0.2, 0.25) is 0 Å². The molecule has 0 amide bonds. The fraction of sp³-hybridized carbons (Fsp3) is 0.400. The lowest BCUT2D eigenvalue weighted by molar-refractivity contribution is 0.618. The topological polar surface area (TPSA) is 6.48 Å². The molecule has 1 fully saturated rings. The number of aryl methyl sites for hydroxylation is 2. The Labute approximate surface area is 133 Å². The largest absolute Gasteiger partial charge is 0.371 e. The number of benzene rings is 2. The van der Waals surface area contributed by atoms with Gasteiger partial charge in [0.15, 0.2) is 0 Å². The second-order valence-corrected chi connectivity index (χ2v) is 6.58. The lowest BCUT2D eigenvalue weighted by Crippen LogP contribution is -2.36.